The number of carbonyl (C=O) groups is 1. The minimum Gasteiger partial charge on any atom is -0.398 e. The zero-order valence-corrected chi connectivity index (χ0v) is 10.7. The van der Waals surface area contributed by atoms with Gasteiger partial charge in [-0.2, -0.15) is 0 Å². The third-order valence-corrected chi connectivity index (χ3v) is 3.64. The molecule has 0 bridgehead atoms. The van der Waals surface area contributed by atoms with Crippen molar-refractivity contribution in [2.24, 2.45) is 0 Å². The number of halogens is 1. The zero-order chi connectivity index (χ0) is 12.4. The lowest BCUT2D eigenvalue weighted by molar-refractivity contribution is 0.0637. The van der Waals surface area contributed by atoms with Crippen molar-refractivity contribution in [2.75, 3.05) is 12.3 Å². The lowest BCUT2D eigenvalue weighted by Gasteiger charge is -2.33. The number of nitrogens with zero attached hydrogens (tertiary/aromatic N) is 1. The van der Waals surface area contributed by atoms with Gasteiger partial charge >= 0.3 is 0 Å². The quantitative estimate of drug-likeness (QED) is 0.781. The summed E-state index contributed by atoms with van der Waals surface area (Å²) in [5.74, 6) is -0.0414. The number of nitrogen functional groups attached to an aromatic ring is 1. The van der Waals surface area contributed by atoms with Crippen LogP contribution in [0.25, 0.3) is 0 Å². The topological polar surface area (TPSA) is 46.3 Å². The third-order valence-electron chi connectivity index (χ3n) is 3.32. The Morgan fingerprint density at radius 2 is 2.24 bits per heavy atom. The number of anilines is 1. The van der Waals surface area contributed by atoms with E-state index < -0.39 is 0 Å². The molecule has 2 N–H and O–H groups in total. The molecular weight excluding hydrogens is 236 g/mol. The highest BCUT2D eigenvalue weighted by atomic mass is 35.5. The molecule has 2 rings (SSSR count). The van der Waals surface area contributed by atoms with Gasteiger partial charge < -0.3 is 10.6 Å². The standard InChI is InChI=1S/C13H17ClN2O/c1-9-5-2-3-8-16(9)13(17)12-10(14)6-4-7-11(12)15/h4,6-7,9H,2-3,5,8,15H2,1H3. The second kappa shape index (κ2) is 4.96. The van der Waals surface area contributed by atoms with Gasteiger partial charge in [0.25, 0.3) is 5.91 Å². The van der Waals surface area contributed by atoms with Crippen molar-refractivity contribution in [1.29, 1.82) is 0 Å². The Morgan fingerprint density at radius 1 is 1.47 bits per heavy atom. The Morgan fingerprint density at radius 3 is 2.88 bits per heavy atom. The van der Waals surface area contributed by atoms with E-state index in [0.29, 0.717) is 16.3 Å². The molecule has 1 atom stereocenters. The normalized spacial score (nSPS) is 20.4. The van der Waals surface area contributed by atoms with Crippen LogP contribution < -0.4 is 5.73 Å². The summed E-state index contributed by atoms with van der Waals surface area (Å²) in [4.78, 5) is 14.3. The van der Waals surface area contributed by atoms with Gasteiger partial charge in [0.05, 0.1) is 10.6 Å². The van der Waals surface area contributed by atoms with Crippen molar-refractivity contribution >= 4 is 23.2 Å². The number of amides is 1. The summed E-state index contributed by atoms with van der Waals surface area (Å²) in [5.41, 5.74) is 6.75. The maximum atomic E-state index is 12.4. The Bertz CT molecular complexity index is 413. The number of likely N-dealkylation sites (tertiary alicyclic amines) is 1. The molecule has 1 aliphatic rings. The van der Waals surface area contributed by atoms with Crippen molar-refractivity contribution in [3.05, 3.63) is 28.8 Å². The molecule has 1 unspecified atom stereocenters. The summed E-state index contributed by atoms with van der Waals surface area (Å²) in [5, 5.41) is 0.438. The van der Waals surface area contributed by atoms with E-state index in [0.717, 1.165) is 19.4 Å². The Balaban J connectivity index is 2.30. The van der Waals surface area contributed by atoms with Gasteiger partial charge in [-0.1, -0.05) is 17.7 Å². The summed E-state index contributed by atoms with van der Waals surface area (Å²) in [6, 6.07) is 5.45. The molecule has 0 radical (unpaired) electrons. The molecule has 1 amide bonds. The number of carbonyl (C=O) groups excluding carboxylic acids is 1. The molecule has 1 aromatic rings. The van der Waals surface area contributed by atoms with Gasteiger partial charge in [-0.05, 0) is 38.3 Å². The summed E-state index contributed by atoms with van der Waals surface area (Å²) >= 11 is 6.06. The van der Waals surface area contributed by atoms with Crippen LogP contribution in [-0.2, 0) is 0 Å². The van der Waals surface area contributed by atoms with Crippen molar-refractivity contribution in [2.45, 2.75) is 32.2 Å². The fourth-order valence-electron chi connectivity index (χ4n) is 2.31. The molecule has 92 valence electrons. The molecule has 1 aromatic carbocycles. The van der Waals surface area contributed by atoms with E-state index in [1.54, 1.807) is 18.2 Å². The highest BCUT2D eigenvalue weighted by Crippen LogP contribution is 2.26. The second-order valence-corrected chi connectivity index (χ2v) is 4.95. The zero-order valence-electron chi connectivity index (χ0n) is 9.95. The number of benzene rings is 1. The van der Waals surface area contributed by atoms with Crippen molar-refractivity contribution in [3.63, 3.8) is 0 Å². The van der Waals surface area contributed by atoms with Crippen molar-refractivity contribution < 1.29 is 4.79 Å². The van der Waals surface area contributed by atoms with Crippen LogP contribution in [0.5, 0.6) is 0 Å². The van der Waals surface area contributed by atoms with E-state index >= 15 is 0 Å². The molecule has 0 saturated carbocycles. The fraction of sp³-hybridized carbons (Fsp3) is 0.462. The van der Waals surface area contributed by atoms with E-state index in [1.807, 2.05) is 4.90 Å². The van der Waals surface area contributed by atoms with E-state index in [-0.39, 0.29) is 11.9 Å². The largest absolute Gasteiger partial charge is 0.398 e. The minimum absolute atomic E-state index is 0.0414. The lowest BCUT2D eigenvalue weighted by Crippen LogP contribution is -2.42. The monoisotopic (exact) mass is 252 g/mol. The number of piperidine rings is 1. The van der Waals surface area contributed by atoms with Gasteiger partial charge in [0.1, 0.15) is 0 Å². The van der Waals surface area contributed by atoms with Crippen LogP contribution in [0.2, 0.25) is 5.02 Å². The van der Waals surface area contributed by atoms with Crippen LogP contribution in [0.4, 0.5) is 5.69 Å². The highest BCUT2D eigenvalue weighted by molar-refractivity contribution is 6.34. The third kappa shape index (κ3) is 2.39. The maximum Gasteiger partial charge on any atom is 0.257 e. The number of hydrogen-bond acceptors (Lipinski definition) is 2. The first-order chi connectivity index (χ1) is 8.11. The highest BCUT2D eigenvalue weighted by Gasteiger charge is 2.26. The van der Waals surface area contributed by atoms with Gasteiger partial charge in [0.15, 0.2) is 0 Å². The summed E-state index contributed by atoms with van der Waals surface area (Å²) in [7, 11) is 0. The molecule has 3 nitrogen and oxygen atoms in total. The second-order valence-electron chi connectivity index (χ2n) is 4.55. The molecule has 1 heterocycles. The van der Waals surface area contributed by atoms with Crippen LogP contribution in [0, 0.1) is 0 Å². The Hall–Kier alpha value is -1.22. The molecule has 0 aliphatic carbocycles. The maximum absolute atomic E-state index is 12.4. The average Bonchev–Trinajstić information content (AvgIpc) is 2.29. The molecule has 0 spiro atoms. The van der Waals surface area contributed by atoms with Crippen LogP contribution in [-0.4, -0.2) is 23.4 Å². The smallest absolute Gasteiger partial charge is 0.257 e. The van der Waals surface area contributed by atoms with E-state index in [9.17, 15) is 4.79 Å². The minimum atomic E-state index is -0.0414. The predicted molar refractivity (Wildman–Crippen MR) is 70.2 cm³/mol. The molecule has 1 aliphatic heterocycles. The van der Waals surface area contributed by atoms with Gasteiger partial charge in [-0.25, -0.2) is 0 Å². The van der Waals surface area contributed by atoms with E-state index in [2.05, 4.69) is 6.92 Å². The molecule has 1 fully saturated rings. The summed E-state index contributed by atoms with van der Waals surface area (Å²) < 4.78 is 0. The number of rotatable bonds is 1. The molecule has 17 heavy (non-hydrogen) atoms. The Kier molecular flexibility index (Phi) is 3.57. The van der Waals surface area contributed by atoms with Crippen molar-refractivity contribution in [3.8, 4) is 0 Å². The van der Waals surface area contributed by atoms with Gasteiger partial charge in [-0.3, -0.25) is 4.79 Å². The summed E-state index contributed by atoms with van der Waals surface area (Å²) in [6.07, 6.45) is 3.29. The first kappa shape index (κ1) is 12.2. The number of hydrogen-bond donors (Lipinski definition) is 1. The van der Waals surface area contributed by atoms with Crippen LogP contribution in [0.3, 0.4) is 0 Å². The SMILES string of the molecule is CC1CCCCN1C(=O)c1c(N)cccc1Cl. The first-order valence-electron chi connectivity index (χ1n) is 5.96. The van der Waals surface area contributed by atoms with Crippen LogP contribution >= 0.6 is 11.6 Å². The predicted octanol–water partition coefficient (Wildman–Crippen LogP) is 2.94. The molecule has 4 heteroatoms. The fourth-order valence-corrected chi connectivity index (χ4v) is 2.57. The van der Waals surface area contributed by atoms with Crippen LogP contribution in [0.1, 0.15) is 36.5 Å². The van der Waals surface area contributed by atoms with Crippen molar-refractivity contribution in [1.82, 2.24) is 4.90 Å². The first-order valence-corrected chi connectivity index (χ1v) is 6.34. The molecule has 1 saturated heterocycles. The van der Waals surface area contributed by atoms with Gasteiger partial charge in [-0.15, -0.1) is 0 Å². The van der Waals surface area contributed by atoms with Crippen LogP contribution in [0.15, 0.2) is 18.2 Å². The lowest BCUT2D eigenvalue weighted by atomic mass is 10.0. The summed E-state index contributed by atoms with van der Waals surface area (Å²) in [6.45, 7) is 2.87. The molecule has 0 aromatic heterocycles. The van der Waals surface area contributed by atoms with Gasteiger partial charge in [0, 0.05) is 18.3 Å². The van der Waals surface area contributed by atoms with Gasteiger partial charge in [0.2, 0.25) is 0 Å². The van der Waals surface area contributed by atoms with E-state index in [1.165, 1.54) is 6.42 Å². The Labute approximate surface area is 107 Å². The molecular formula is C13H17ClN2O. The average molecular weight is 253 g/mol. The van der Waals surface area contributed by atoms with E-state index in [4.69, 9.17) is 17.3 Å². The number of nitrogens with two attached hydrogens (primary N) is 1.